The van der Waals surface area contributed by atoms with Crippen molar-refractivity contribution in [2.45, 2.75) is 6.92 Å². The average molecular weight is 400 g/mol. The predicted molar refractivity (Wildman–Crippen MR) is 116 cm³/mol. The molecule has 2 amide bonds. The monoisotopic (exact) mass is 400 g/mol. The molecule has 6 heteroatoms. The Morgan fingerprint density at radius 3 is 2.47 bits per heavy atom. The molecule has 0 unspecified atom stereocenters. The molecule has 150 valence electrons. The molecule has 1 heterocycles. The zero-order valence-corrected chi connectivity index (χ0v) is 16.3. The van der Waals surface area contributed by atoms with E-state index in [1.54, 1.807) is 36.4 Å². The molecule has 0 aliphatic carbocycles. The van der Waals surface area contributed by atoms with E-state index in [1.807, 2.05) is 49.4 Å². The fourth-order valence-corrected chi connectivity index (χ4v) is 3.08. The summed E-state index contributed by atoms with van der Waals surface area (Å²) in [5.74, 6) is -0.223. The standard InChI is InChI=1S/C24H20N2O4/c1-16-8-7-9-17(14-16)25-24(28)23-22(19-12-5-6-13-20(19)30-23)26-21(27)15-29-18-10-3-2-4-11-18/h2-14H,15H2,1H3,(H,25,28)(H,26,27). The van der Waals surface area contributed by atoms with Crippen molar-refractivity contribution in [3.8, 4) is 5.75 Å². The fourth-order valence-electron chi connectivity index (χ4n) is 3.08. The number of carbonyl (C=O) groups excluding carboxylic acids is 2. The highest BCUT2D eigenvalue weighted by atomic mass is 16.5. The van der Waals surface area contributed by atoms with Crippen LogP contribution in [0, 0.1) is 6.92 Å². The first-order valence-corrected chi connectivity index (χ1v) is 9.47. The van der Waals surface area contributed by atoms with Gasteiger partial charge in [-0.25, -0.2) is 0 Å². The highest BCUT2D eigenvalue weighted by molar-refractivity contribution is 6.14. The number of ether oxygens (including phenoxy) is 1. The van der Waals surface area contributed by atoms with E-state index in [1.165, 1.54) is 0 Å². The van der Waals surface area contributed by atoms with Crippen molar-refractivity contribution in [2.75, 3.05) is 17.2 Å². The van der Waals surface area contributed by atoms with Crippen molar-refractivity contribution in [3.63, 3.8) is 0 Å². The van der Waals surface area contributed by atoms with Crippen LogP contribution in [-0.2, 0) is 4.79 Å². The molecule has 6 nitrogen and oxygen atoms in total. The zero-order chi connectivity index (χ0) is 20.9. The third kappa shape index (κ3) is 4.33. The van der Waals surface area contributed by atoms with E-state index in [0.29, 0.717) is 28.1 Å². The molecule has 2 N–H and O–H groups in total. The molecule has 0 atom stereocenters. The van der Waals surface area contributed by atoms with Crippen molar-refractivity contribution >= 4 is 34.2 Å². The first-order valence-electron chi connectivity index (χ1n) is 9.47. The third-order valence-corrected chi connectivity index (χ3v) is 4.46. The summed E-state index contributed by atoms with van der Waals surface area (Å²) in [6, 6.07) is 23.6. The van der Waals surface area contributed by atoms with Gasteiger partial charge in [-0.15, -0.1) is 0 Å². The Bertz CT molecular complexity index is 1200. The van der Waals surface area contributed by atoms with Gasteiger partial charge in [-0.3, -0.25) is 9.59 Å². The van der Waals surface area contributed by atoms with Crippen LogP contribution in [0.2, 0.25) is 0 Å². The lowest BCUT2D eigenvalue weighted by Gasteiger charge is -2.09. The number of aryl methyl sites for hydroxylation is 1. The first kappa shape index (κ1) is 19.3. The van der Waals surface area contributed by atoms with E-state index in [4.69, 9.17) is 9.15 Å². The Kier molecular flexibility index (Phi) is 5.48. The summed E-state index contributed by atoms with van der Waals surface area (Å²) in [7, 11) is 0. The number of hydrogen-bond donors (Lipinski definition) is 2. The van der Waals surface area contributed by atoms with Crippen molar-refractivity contribution < 1.29 is 18.7 Å². The number of para-hydroxylation sites is 2. The molecule has 0 radical (unpaired) electrons. The molecule has 0 fully saturated rings. The molecule has 0 aliphatic rings. The van der Waals surface area contributed by atoms with Crippen molar-refractivity contribution in [2.24, 2.45) is 0 Å². The number of carbonyl (C=O) groups is 2. The van der Waals surface area contributed by atoms with Gasteiger partial charge in [0.25, 0.3) is 11.8 Å². The molecular formula is C24H20N2O4. The third-order valence-electron chi connectivity index (χ3n) is 4.46. The summed E-state index contributed by atoms with van der Waals surface area (Å²) in [5.41, 5.74) is 2.48. The van der Waals surface area contributed by atoms with Gasteiger partial charge in [-0.05, 0) is 48.9 Å². The number of furan rings is 1. The predicted octanol–water partition coefficient (Wildman–Crippen LogP) is 5.01. The number of anilines is 2. The van der Waals surface area contributed by atoms with Crippen LogP contribution >= 0.6 is 0 Å². The van der Waals surface area contributed by atoms with Gasteiger partial charge in [0.2, 0.25) is 5.76 Å². The lowest BCUT2D eigenvalue weighted by molar-refractivity contribution is -0.118. The minimum Gasteiger partial charge on any atom is -0.484 e. The van der Waals surface area contributed by atoms with Crippen molar-refractivity contribution in [1.29, 1.82) is 0 Å². The van der Waals surface area contributed by atoms with Crippen molar-refractivity contribution in [3.05, 3.63) is 90.2 Å². The molecule has 0 bridgehead atoms. The van der Waals surface area contributed by atoms with Gasteiger partial charge in [-0.1, -0.05) is 42.5 Å². The minimum atomic E-state index is -0.448. The van der Waals surface area contributed by atoms with Gasteiger partial charge in [0, 0.05) is 11.1 Å². The Hall–Kier alpha value is -4.06. The topological polar surface area (TPSA) is 80.6 Å². The summed E-state index contributed by atoms with van der Waals surface area (Å²) in [4.78, 5) is 25.4. The SMILES string of the molecule is Cc1cccc(NC(=O)c2oc3ccccc3c2NC(=O)COc2ccccc2)c1. The number of fused-ring (bicyclic) bond motifs is 1. The average Bonchev–Trinajstić information content (AvgIpc) is 3.12. The second-order valence-electron chi connectivity index (χ2n) is 6.78. The minimum absolute atomic E-state index is 0.0331. The normalized spacial score (nSPS) is 10.6. The number of nitrogens with one attached hydrogen (secondary N) is 2. The van der Waals surface area contributed by atoms with Crippen LogP contribution in [0.5, 0.6) is 5.75 Å². The van der Waals surface area contributed by atoms with Gasteiger partial charge in [0.15, 0.2) is 6.61 Å². The lowest BCUT2D eigenvalue weighted by Crippen LogP contribution is -2.22. The lowest BCUT2D eigenvalue weighted by atomic mass is 10.2. The first-order chi connectivity index (χ1) is 14.6. The van der Waals surface area contributed by atoms with E-state index < -0.39 is 11.8 Å². The number of amides is 2. The van der Waals surface area contributed by atoms with Crippen LogP contribution in [-0.4, -0.2) is 18.4 Å². The van der Waals surface area contributed by atoms with E-state index in [0.717, 1.165) is 5.56 Å². The number of benzene rings is 3. The smallest absolute Gasteiger partial charge is 0.293 e. The molecule has 0 aliphatic heterocycles. The molecule has 4 rings (SSSR count). The van der Waals surface area contributed by atoms with Gasteiger partial charge in [-0.2, -0.15) is 0 Å². The maximum Gasteiger partial charge on any atom is 0.293 e. The molecule has 0 saturated carbocycles. The van der Waals surface area contributed by atoms with Gasteiger partial charge in [0.1, 0.15) is 17.0 Å². The Morgan fingerprint density at radius 1 is 0.900 bits per heavy atom. The summed E-state index contributed by atoms with van der Waals surface area (Å²) in [6.45, 7) is 1.75. The number of rotatable bonds is 6. The number of hydrogen-bond acceptors (Lipinski definition) is 4. The van der Waals surface area contributed by atoms with E-state index in [-0.39, 0.29) is 12.4 Å². The van der Waals surface area contributed by atoms with E-state index in [9.17, 15) is 9.59 Å². The molecular weight excluding hydrogens is 380 g/mol. The largest absolute Gasteiger partial charge is 0.484 e. The Balaban J connectivity index is 1.57. The van der Waals surface area contributed by atoms with Crippen molar-refractivity contribution in [1.82, 2.24) is 0 Å². The fraction of sp³-hybridized carbons (Fsp3) is 0.0833. The summed E-state index contributed by atoms with van der Waals surface area (Å²) < 4.78 is 11.3. The second kappa shape index (κ2) is 8.53. The molecule has 4 aromatic rings. The molecule has 0 saturated heterocycles. The maximum atomic E-state index is 12.9. The zero-order valence-electron chi connectivity index (χ0n) is 16.3. The Morgan fingerprint density at radius 2 is 1.67 bits per heavy atom. The van der Waals surface area contributed by atoms with Crippen LogP contribution in [0.1, 0.15) is 16.1 Å². The molecule has 3 aromatic carbocycles. The van der Waals surface area contributed by atoms with Crippen LogP contribution < -0.4 is 15.4 Å². The second-order valence-corrected chi connectivity index (χ2v) is 6.78. The highest BCUT2D eigenvalue weighted by Gasteiger charge is 2.22. The van der Waals surface area contributed by atoms with Crippen LogP contribution in [0.4, 0.5) is 11.4 Å². The molecule has 1 aromatic heterocycles. The summed E-state index contributed by atoms with van der Waals surface area (Å²) in [6.07, 6.45) is 0. The van der Waals surface area contributed by atoms with Gasteiger partial charge in [0.05, 0.1) is 0 Å². The summed E-state index contributed by atoms with van der Waals surface area (Å²) >= 11 is 0. The van der Waals surface area contributed by atoms with Gasteiger partial charge >= 0.3 is 0 Å². The van der Waals surface area contributed by atoms with E-state index >= 15 is 0 Å². The van der Waals surface area contributed by atoms with E-state index in [2.05, 4.69) is 10.6 Å². The summed E-state index contributed by atoms with van der Waals surface area (Å²) in [5, 5.41) is 6.22. The molecule has 30 heavy (non-hydrogen) atoms. The van der Waals surface area contributed by atoms with Gasteiger partial charge < -0.3 is 19.8 Å². The van der Waals surface area contributed by atoms with Crippen LogP contribution in [0.15, 0.2) is 83.3 Å². The maximum absolute atomic E-state index is 12.9. The molecule has 0 spiro atoms. The van der Waals surface area contributed by atoms with Crippen LogP contribution in [0.3, 0.4) is 0 Å². The Labute approximate surface area is 173 Å². The van der Waals surface area contributed by atoms with Crippen LogP contribution in [0.25, 0.3) is 11.0 Å². The highest BCUT2D eigenvalue weighted by Crippen LogP contribution is 2.31. The quantitative estimate of drug-likeness (QED) is 0.477.